The van der Waals surface area contributed by atoms with Crippen molar-refractivity contribution in [2.45, 2.75) is 72.6 Å². The van der Waals surface area contributed by atoms with Gasteiger partial charge in [-0.25, -0.2) is 0 Å². The van der Waals surface area contributed by atoms with E-state index in [0.29, 0.717) is 16.3 Å². The molecule has 0 bridgehead atoms. The van der Waals surface area contributed by atoms with Gasteiger partial charge in [0.25, 0.3) is 0 Å². The van der Waals surface area contributed by atoms with E-state index in [9.17, 15) is 10.1 Å². The number of pyridine rings is 1. The number of nitrogens with zero attached hydrogens (tertiary/aromatic N) is 3. The largest absolute Gasteiger partial charge is 0.396 e. The highest BCUT2D eigenvalue weighted by molar-refractivity contribution is 6.35. The van der Waals surface area contributed by atoms with Crippen molar-refractivity contribution in [3.63, 3.8) is 0 Å². The Bertz CT molecular complexity index is 1020. The van der Waals surface area contributed by atoms with E-state index in [0.717, 1.165) is 53.0 Å². The Morgan fingerprint density at radius 1 is 1.17 bits per heavy atom. The maximum absolute atomic E-state index is 9.43. The topological polar surface area (TPSA) is 83.0 Å². The van der Waals surface area contributed by atoms with Crippen LogP contribution in [0.15, 0.2) is 30.6 Å². The minimum absolute atomic E-state index is 0.455. The van der Waals surface area contributed by atoms with Crippen molar-refractivity contribution in [1.29, 1.82) is 5.26 Å². The highest BCUT2D eigenvalue weighted by Gasteiger charge is 2.15. The lowest BCUT2D eigenvalue weighted by Gasteiger charge is -2.15. The number of allylic oxidation sites excluding steroid dienone is 1. The normalized spacial score (nSPS) is 13.5. The van der Waals surface area contributed by atoms with Gasteiger partial charge in [0.1, 0.15) is 0 Å². The Morgan fingerprint density at radius 3 is 2.29 bits per heavy atom. The van der Waals surface area contributed by atoms with Gasteiger partial charge in [-0.15, -0.1) is 0 Å². The third-order valence-corrected chi connectivity index (χ3v) is 6.34. The first kappa shape index (κ1) is 30.2. The number of benzene rings is 1. The molecule has 1 aromatic carbocycles. The molecule has 1 aromatic heterocycles. The van der Waals surface area contributed by atoms with Gasteiger partial charge in [-0.2, -0.15) is 5.26 Å². The molecule has 1 saturated carbocycles. The number of aromatic nitrogens is 1. The summed E-state index contributed by atoms with van der Waals surface area (Å²) in [7, 11) is 3.38. The fourth-order valence-electron chi connectivity index (χ4n) is 3.87. The van der Waals surface area contributed by atoms with Crippen molar-refractivity contribution < 1.29 is 4.79 Å². The van der Waals surface area contributed by atoms with Crippen LogP contribution in [0.25, 0.3) is 5.57 Å². The Morgan fingerprint density at radius 2 is 1.80 bits per heavy atom. The van der Waals surface area contributed by atoms with Crippen LogP contribution in [-0.2, 0) is 4.79 Å². The summed E-state index contributed by atoms with van der Waals surface area (Å²) in [6.45, 7) is 8.46. The van der Waals surface area contributed by atoms with Crippen molar-refractivity contribution in [3.8, 4) is 6.07 Å². The molecule has 0 radical (unpaired) electrons. The Kier molecular flexibility index (Phi) is 13.8. The monoisotopic (exact) mass is 496 g/mol. The lowest BCUT2D eigenvalue weighted by molar-refractivity contribution is -0.115. The third kappa shape index (κ3) is 10.1. The SMILES string of the molecule is CC1CCCCC1.CCC/C=C(\c1cc(C#N)c(C)cc1C)c1cncc(N)c1Cl.CN(C)C=O. The number of unbranched alkanes of at least 4 members (excludes halogenated alkanes) is 1. The predicted octanol–water partition coefficient (Wildman–Crippen LogP) is 7.33. The Labute approximate surface area is 217 Å². The van der Waals surface area contributed by atoms with Gasteiger partial charge in [0.2, 0.25) is 6.41 Å². The number of nitriles is 1. The van der Waals surface area contributed by atoms with Crippen molar-refractivity contribution in [2.24, 2.45) is 5.92 Å². The molecule has 1 heterocycles. The van der Waals surface area contributed by atoms with Crippen molar-refractivity contribution in [1.82, 2.24) is 9.88 Å². The van der Waals surface area contributed by atoms with Crippen LogP contribution in [0.2, 0.25) is 5.02 Å². The number of nitrogens with two attached hydrogens (primary N) is 1. The number of amides is 1. The molecule has 0 aliphatic heterocycles. The average Bonchev–Trinajstić information content (AvgIpc) is 2.84. The smallest absolute Gasteiger partial charge is 0.209 e. The zero-order chi connectivity index (χ0) is 26.4. The van der Waals surface area contributed by atoms with E-state index in [1.165, 1.54) is 37.0 Å². The van der Waals surface area contributed by atoms with Crippen molar-refractivity contribution in [2.75, 3.05) is 19.8 Å². The van der Waals surface area contributed by atoms with Gasteiger partial charge in [0.05, 0.1) is 28.5 Å². The zero-order valence-electron chi connectivity index (χ0n) is 22.2. The summed E-state index contributed by atoms with van der Waals surface area (Å²) in [6, 6.07) is 6.20. The molecule has 0 spiro atoms. The first-order chi connectivity index (χ1) is 16.7. The standard InChI is InChI=1S/C19H20ClN3.C7H14.C3H7NO/c1-4-5-6-15(17-10-23-11-18(22)19(17)20)16-8-14(9-21)12(2)7-13(16)3;1-7-5-3-2-4-6-7;1-4(2)3-5/h6-8,10-11H,4-5,22H2,1-3H3;7H,2-6H2,1H3;3H,1-2H3/b15-6+;;. The maximum atomic E-state index is 9.43. The molecule has 1 amide bonds. The Hall–Kier alpha value is -2.84. The number of rotatable bonds is 5. The van der Waals surface area contributed by atoms with E-state index < -0.39 is 0 Å². The minimum atomic E-state index is 0.455. The van der Waals surface area contributed by atoms with E-state index in [1.54, 1.807) is 26.5 Å². The van der Waals surface area contributed by atoms with Gasteiger partial charge in [-0.05, 0) is 54.5 Å². The fourth-order valence-corrected chi connectivity index (χ4v) is 4.07. The molecule has 5 nitrogen and oxygen atoms in total. The third-order valence-electron chi connectivity index (χ3n) is 5.92. The maximum Gasteiger partial charge on any atom is 0.209 e. The van der Waals surface area contributed by atoms with Crippen LogP contribution >= 0.6 is 11.6 Å². The van der Waals surface area contributed by atoms with Gasteiger partial charge in [0.15, 0.2) is 0 Å². The molecule has 1 aliphatic carbocycles. The van der Waals surface area contributed by atoms with Crippen LogP contribution in [0.1, 0.15) is 86.6 Å². The molecule has 0 unspecified atom stereocenters. The summed E-state index contributed by atoms with van der Waals surface area (Å²) in [6.07, 6.45) is 15.5. The molecular weight excluding hydrogens is 456 g/mol. The number of carbonyl (C=O) groups excluding carboxylic acids is 1. The number of anilines is 1. The average molecular weight is 497 g/mol. The van der Waals surface area contributed by atoms with Crippen LogP contribution in [0, 0.1) is 31.1 Å². The molecule has 2 N–H and O–H groups in total. The van der Waals surface area contributed by atoms with Gasteiger partial charge in [-0.3, -0.25) is 9.78 Å². The molecule has 1 aliphatic rings. The number of aryl methyl sites for hydroxylation is 2. The number of nitrogen functional groups attached to an aromatic ring is 1. The summed E-state index contributed by atoms with van der Waals surface area (Å²) in [5, 5.41) is 9.83. The number of halogens is 1. The predicted molar refractivity (Wildman–Crippen MR) is 148 cm³/mol. The second-order valence-corrected chi connectivity index (χ2v) is 9.78. The van der Waals surface area contributed by atoms with Crippen LogP contribution in [0.4, 0.5) is 5.69 Å². The minimum Gasteiger partial charge on any atom is -0.396 e. The first-order valence-electron chi connectivity index (χ1n) is 12.4. The summed E-state index contributed by atoms with van der Waals surface area (Å²) in [4.78, 5) is 15.0. The van der Waals surface area contributed by atoms with Gasteiger partial charge < -0.3 is 10.6 Å². The first-order valence-corrected chi connectivity index (χ1v) is 12.8. The number of hydrogen-bond acceptors (Lipinski definition) is 4. The van der Waals surface area contributed by atoms with Crippen LogP contribution in [0.3, 0.4) is 0 Å². The van der Waals surface area contributed by atoms with Crippen LogP contribution < -0.4 is 5.73 Å². The van der Waals surface area contributed by atoms with E-state index in [2.05, 4.69) is 31.0 Å². The van der Waals surface area contributed by atoms with Crippen molar-refractivity contribution in [3.05, 3.63) is 63.4 Å². The van der Waals surface area contributed by atoms with Crippen LogP contribution in [0.5, 0.6) is 0 Å². The fraction of sp³-hybridized carbons (Fsp3) is 0.483. The number of hydrogen-bond donors (Lipinski definition) is 1. The number of carbonyl (C=O) groups is 1. The van der Waals surface area contributed by atoms with Gasteiger partial charge in [-0.1, -0.05) is 76.1 Å². The van der Waals surface area contributed by atoms with Gasteiger partial charge in [0, 0.05) is 25.9 Å². The Balaban J connectivity index is 0.000000417. The molecular formula is C29H41ClN4O. The van der Waals surface area contributed by atoms with Crippen LogP contribution in [-0.4, -0.2) is 30.4 Å². The zero-order valence-corrected chi connectivity index (χ0v) is 23.0. The highest BCUT2D eigenvalue weighted by atomic mass is 35.5. The molecule has 190 valence electrons. The summed E-state index contributed by atoms with van der Waals surface area (Å²) < 4.78 is 0. The lowest BCUT2D eigenvalue weighted by Crippen LogP contribution is -2.06. The van der Waals surface area contributed by atoms with E-state index >= 15 is 0 Å². The van der Waals surface area contributed by atoms with Gasteiger partial charge >= 0.3 is 0 Å². The van der Waals surface area contributed by atoms with E-state index in [-0.39, 0.29) is 0 Å². The summed E-state index contributed by atoms with van der Waals surface area (Å²) in [5.41, 5.74) is 11.9. The molecule has 1 fully saturated rings. The highest BCUT2D eigenvalue weighted by Crippen LogP contribution is 2.35. The molecule has 6 heteroatoms. The molecule has 0 saturated heterocycles. The second kappa shape index (κ2) is 15.9. The molecule has 0 atom stereocenters. The summed E-state index contributed by atoms with van der Waals surface area (Å²) in [5.74, 6) is 1.04. The van der Waals surface area contributed by atoms with E-state index in [1.807, 2.05) is 26.0 Å². The van der Waals surface area contributed by atoms with Crippen molar-refractivity contribution >= 4 is 29.3 Å². The lowest BCUT2D eigenvalue weighted by atomic mass is 9.91. The summed E-state index contributed by atoms with van der Waals surface area (Å²) >= 11 is 6.40. The quantitative estimate of drug-likeness (QED) is 0.439. The molecule has 2 aromatic rings. The second-order valence-electron chi connectivity index (χ2n) is 9.40. The molecule has 3 rings (SSSR count). The van der Waals surface area contributed by atoms with E-state index in [4.69, 9.17) is 17.3 Å². The molecule has 35 heavy (non-hydrogen) atoms.